The highest BCUT2D eigenvalue weighted by Gasteiger charge is 2.21. The van der Waals surface area contributed by atoms with Crippen LogP contribution >= 0.6 is 11.3 Å². The van der Waals surface area contributed by atoms with Gasteiger partial charge in [0.05, 0.1) is 13.2 Å². The highest BCUT2D eigenvalue weighted by molar-refractivity contribution is 7.10. The van der Waals surface area contributed by atoms with Crippen molar-refractivity contribution in [1.82, 2.24) is 15.1 Å². The van der Waals surface area contributed by atoms with E-state index in [1.54, 1.807) is 18.4 Å². The third-order valence-corrected chi connectivity index (χ3v) is 4.74. The third kappa shape index (κ3) is 5.66. The topological polar surface area (TPSA) is 65.0 Å². The minimum atomic E-state index is -0.413. The summed E-state index contributed by atoms with van der Waals surface area (Å²) in [5.41, 5.74) is 0. The molecule has 0 radical (unpaired) electrons. The summed E-state index contributed by atoms with van der Waals surface area (Å²) in [4.78, 5) is 17.2. The van der Waals surface area contributed by atoms with Crippen molar-refractivity contribution < 1.29 is 14.6 Å². The molecule has 0 aromatic carbocycles. The van der Waals surface area contributed by atoms with Crippen molar-refractivity contribution in [1.29, 1.82) is 0 Å². The van der Waals surface area contributed by atoms with Crippen LogP contribution < -0.4 is 5.32 Å². The molecule has 1 amide bonds. The molecule has 22 heavy (non-hydrogen) atoms. The molecular weight excluding hydrogens is 302 g/mol. The van der Waals surface area contributed by atoms with Crippen LogP contribution in [0.5, 0.6) is 0 Å². The minimum absolute atomic E-state index is 0.0455. The standard InChI is InChI=1S/C15H25N3O3S/c1-21-9-4-16-15(20)12-18-7-5-17(6-8-18)11-13(19)14-3-2-10-22-14/h2-3,10,13,19H,4-9,11-12H2,1H3,(H,16,20)/t13-/m0/s1. The Hall–Kier alpha value is -0.990. The maximum Gasteiger partial charge on any atom is 0.234 e. The molecule has 1 aliphatic rings. The maximum absolute atomic E-state index is 11.7. The summed E-state index contributed by atoms with van der Waals surface area (Å²) in [5.74, 6) is 0.0455. The van der Waals surface area contributed by atoms with E-state index in [1.165, 1.54) is 0 Å². The molecule has 1 atom stereocenters. The molecule has 0 aliphatic carbocycles. The summed E-state index contributed by atoms with van der Waals surface area (Å²) in [6.07, 6.45) is -0.413. The number of nitrogens with zero attached hydrogens (tertiary/aromatic N) is 2. The molecule has 0 saturated carbocycles. The van der Waals surface area contributed by atoms with Gasteiger partial charge >= 0.3 is 0 Å². The Morgan fingerprint density at radius 2 is 2.14 bits per heavy atom. The molecule has 0 spiro atoms. The summed E-state index contributed by atoms with van der Waals surface area (Å²) in [6, 6.07) is 3.93. The fourth-order valence-corrected chi connectivity index (χ4v) is 3.20. The first-order valence-corrected chi connectivity index (χ1v) is 8.49. The molecule has 2 rings (SSSR count). The monoisotopic (exact) mass is 327 g/mol. The molecule has 0 unspecified atom stereocenters. The van der Waals surface area contributed by atoms with Gasteiger partial charge in [-0.3, -0.25) is 14.6 Å². The lowest BCUT2D eigenvalue weighted by Gasteiger charge is -2.35. The molecular formula is C15H25N3O3S. The molecule has 1 aromatic heterocycles. The Balaban J connectivity index is 1.64. The Bertz CT molecular complexity index is 433. The zero-order chi connectivity index (χ0) is 15.8. The molecule has 124 valence electrons. The number of rotatable bonds is 8. The van der Waals surface area contributed by atoms with E-state index in [-0.39, 0.29) is 5.91 Å². The number of aliphatic hydroxyl groups is 1. The predicted octanol–water partition coefficient (Wildman–Crippen LogP) is 0.162. The quantitative estimate of drug-likeness (QED) is 0.666. The Labute approximate surface area is 135 Å². The van der Waals surface area contributed by atoms with Gasteiger partial charge < -0.3 is 15.2 Å². The van der Waals surface area contributed by atoms with Crippen LogP contribution in [0.15, 0.2) is 17.5 Å². The fourth-order valence-electron chi connectivity index (χ4n) is 2.50. The fraction of sp³-hybridized carbons (Fsp3) is 0.667. The van der Waals surface area contributed by atoms with Crippen molar-refractivity contribution in [3.8, 4) is 0 Å². The first-order valence-electron chi connectivity index (χ1n) is 7.61. The van der Waals surface area contributed by atoms with Crippen LogP contribution in [0.2, 0.25) is 0 Å². The Morgan fingerprint density at radius 3 is 2.77 bits per heavy atom. The molecule has 2 heterocycles. The lowest BCUT2D eigenvalue weighted by molar-refractivity contribution is -0.122. The molecule has 1 aliphatic heterocycles. The number of piperazine rings is 1. The zero-order valence-corrected chi connectivity index (χ0v) is 13.8. The van der Waals surface area contributed by atoms with Crippen molar-refractivity contribution >= 4 is 17.2 Å². The summed E-state index contributed by atoms with van der Waals surface area (Å²) in [5, 5.41) is 15.0. The maximum atomic E-state index is 11.7. The van der Waals surface area contributed by atoms with Crippen molar-refractivity contribution in [2.45, 2.75) is 6.10 Å². The van der Waals surface area contributed by atoms with Gasteiger partial charge in [0.25, 0.3) is 0 Å². The van der Waals surface area contributed by atoms with Crippen LogP contribution in [0.25, 0.3) is 0 Å². The second-order valence-corrected chi connectivity index (χ2v) is 6.43. The van der Waals surface area contributed by atoms with E-state index in [0.717, 1.165) is 31.1 Å². The highest BCUT2D eigenvalue weighted by Crippen LogP contribution is 2.20. The second-order valence-electron chi connectivity index (χ2n) is 5.45. The zero-order valence-electron chi connectivity index (χ0n) is 13.0. The molecule has 0 bridgehead atoms. The lowest BCUT2D eigenvalue weighted by Crippen LogP contribution is -2.50. The van der Waals surface area contributed by atoms with E-state index in [4.69, 9.17) is 4.74 Å². The van der Waals surface area contributed by atoms with Crippen LogP contribution in [0.3, 0.4) is 0 Å². The molecule has 1 fully saturated rings. The van der Waals surface area contributed by atoms with Crippen molar-refractivity contribution in [2.24, 2.45) is 0 Å². The van der Waals surface area contributed by atoms with E-state index in [2.05, 4.69) is 15.1 Å². The number of amides is 1. The molecule has 6 nitrogen and oxygen atoms in total. The van der Waals surface area contributed by atoms with E-state index >= 15 is 0 Å². The highest BCUT2D eigenvalue weighted by atomic mass is 32.1. The minimum Gasteiger partial charge on any atom is -0.386 e. The number of carbonyl (C=O) groups excluding carboxylic acids is 1. The molecule has 1 saturated heterocycles. The van der Waals surface area contributed by atoms with E-state index < -0.39 is 6.10 Å². The smallest absolute Gasteiger partial charge is 0.234 e. The average Bonchev–Trinajstić information content (AvgIpc) is 3.04. The Morgan fingerprint density at radius 1 is 1.41 bits per heavy atom. The number of carbonyl (C=O) groups is 1. The number of nitrogens with one attached hydrogen (secondary N) is 1. The average molecular weight is 327 g/mol. The summed E-state index contributed by atoms with van der Waals surface area (Å²) in [7, 11) is 1.62. The molecule has 1 aromatic rings. The first-order chi connectivity index (χ1) is 10.7. The van der Waals surface area contributed by atoms with Gasteiger partial charge in [0, 0.05) is 51.3 Å². The largest absolute Gasteiger partial charge is 0.386 e. The number of hydrogen-bond donors (Lipinski definition) is 2. The van der Waals surface area contributed by atoms with E-state index in [0.29, 0.717) is 26.2 Å². The normalized spacial score (nSPS) is 18.3. The van der Waals surface area contributed by atoms with Gasteiger partial charge in [0.15, 0.2) is 0 Å². The van der Waals surface area contributed by atoms with Crippen LogP contribution in [-0.4, -0.2) is 80.3 Å². The van der Waals surface area contributed by atoms with E-state index in [9.17, 15) is 9.90 Å². The van der Waals surface area contributed by atoms with Gasteiger partial charge in [-0.2, -0.15) is 0 Å². The van der Waals surface area contributed by atoms with Crippen LogP contribution in [0.4, 0.5) is 0 Å². The SMILES string of the molecule is COCCNC(=O)CN1CCN(C[C@H](O)c2cccs2)CC1. The van der Waals surface area contributed by atoms with Crippen LogP contribution in [0, 0.1) is 0 Å². The number of methoxy groups -OCH3 is 1. The second kappa shape index (κ2) is 9.22. The van der Waals surface area contributed by atoms with Crippen molar-refractivity contribution in [2.75, 3.05) is 59.5 Å². The van der Waals surface area contributed by atoms with Gasteiger partial charge in [-0.15, -0.1) is 11.3 Å². The number of aliphatic hydroxyl groups excluding tert-OH is 1. The van der Waals surface area contributed by atoms with Crippen molar-refractivity contribution in [3.63, 3.8) is 0 Å². The number of hydrogen-bond acceptors (Lipinski definition) is 6. The van der Waals surface area contributed by atoms with Gasteiger partial charge in [-0.05, 0) is 11.4 Å². The molecule has 7 heteroatoms. The Kier molecular flexibility index (Phi) is 7.28. The lowest BCUT2D eigenvalue weighted by atomic mass is 10.2. The van der Waals surface area contributed by atoms with E-state index in [1.807, 2.05) is 17.5 Å². The van der Waals surface area contributed by atoms with Gasteiger partial charge in [0.2, 0.25) is 5.91 Å². The number of β-amino-alcohol motifs (C(OH)–C–C–N with tert-alkyl or cyclic N) is 1. The van der Waals surface area contributed by atoms with Crippen LogP contribution in [0.1, 0.15) is 11.0 Å². The van der Waals surface area contributed by atoms with Crippen molar-refractivity contribution in [3.05, 3.63) is 22.4 Å². The van der Waals surface area contributed by atoms with Gasteiger partial charge in [0.1, 0.15) is 6.10 Å². The predicted molar refractivity (Wildman–Crippen MR) is 87.0 cm³/mol. The third-order valence-electron chi connectivity index (χ3n) is 3.76. The summed E-state index contributed by atoms with van der Waals surface area (Å²) < 4.78 is 4.91. The van der Waals surface area contributed by atoms with Crippen LogP contribution in [-0.2, 0) is 9.53 Å². The number of ether oxygens (including phenoxy) is 1. The number of thiophene rings is 1. The molecule has 2 N–H and O–H groups in total. The van der Waals surface area contributed by atoms with Gasteiger partial charge in [-0.1, -0.05) is 6.07 Å². The van der Waals surface area contributed by atoms with Gasteiger partial charge in [-0.25, -0.2) is 0 Å². The summed E-state index contributed by atoms with van der Waals surface area (Å²) >= 11 is 1.59. The first kappa shape index (κ1) is 17.4. The summed E-state index contributed by atoms with van der Waals surface area (Å²) in [6.45, 7) is 5.67.